The van der Waals surface area contributed by atoms with Crippen LogP contribution in [-0.4, -0.2) is 28.4 Å². The Kier molecular flexibility index (Phi) is 7.97. The van der Waals surface area contributed by atoms with E-state index in [1.807, 2.05) is 19.1 Å². The van der Waals surface area contributed by atoms with Gasteiger partial charge in [0.15, 0.2) is 0 Å². The van der Waals surface area contributed by atoms with Gasteiger partial charge in [-0.1, -0.05) is 39.8 Å². The van der Waals surface area contributed by atoms with Crippen molar-refractivity contribution in [3.8, 4) is 5.75 Å². The van der Waals surface area contributed by atoms with Gasteiger partial charge in [-0.25, -0.2) is 0 Å². The van der Waals surface area contributed by atoms with E-state index < -0.39 is 10.8 Å². The van der Waals surface area contributed by atoms with Crippen LogP contribution in [0.1, 0.15) is 46.2 Å². The molecule has 3 atom stereocenters. The second-order valence-electron chi connectivity index (χ2n) is 5.61. The maximum Gasteiger partial charge on any atom is 0.119 e. The number of hydrogen-bond acceptors (Lipinski definition) is 3. The van der Waals surface area contributed by atoms with Crippen molar-refractivity contribution in [3.05, 3.63) is 29.8 Å². The van der Waals surface area contributed by atoms with E-state index in [2.05, 4.69) is 45.1 Å². The van der Waals surface area contributed by atoms with Gasteiger partial charge in [-0.15, -0.1) is 0 Å². The molecule has 21 heavy (non-hydrogen) atoms. The molecule has 0 fully saturated rings. The van der Waals surface area contributed by atoms with Crippen molar-refractivity contribution in [1.82, 2.24) is 5.32 Å². The van der Waals surface area contributed by atoms with Crippen LogP contribution in [0.15, 0.2) is 24.3 Å². The maximum absolute atomic E-state index is 12.5. The highest BCUT2D eigenvalue weighted by Gasteiger charge is 2.20. The molecule has 0 saturated heterocycles. The largest absolute Gasteiger partial charge is 0.494 e. The van der Waals surface area contributed by atoms with Gasteiger partial charge in [0.2, 0.25) is 0 Å². The first-order valence-corrected chi connectivity index (χ1v) is 9.21. The summed E-state index contributed by atoms with van der Waals surface area (Å²) in [6.45, 7) is 11.9. The third-order valence-corrected chi connectivity index (χ3v) is 5.76. The van der Waals surface area contributed by atoms with E-state index in [9.17, 15) is 4.21 Å². The highest BCUT2D eigenvalue weighted by Crippen LogP contribution is 2.21. The van der Waals surface area contributed by atoms with Crippen LogP contribution in [0.2, 0.25) is 0 Å². The molecule has 4 heteroatoms. The molecule has 0 saturated carbocycles. The maximum atomic E-state index is 12.5. The summed E-state index contributed by atoms with van der Waals surface area (Å²) < 4.78 is 17.9. The SMILES string of the molecule is CCNC(CS(=O)C(C)C(C)C)c1ccc(OCC)cc1. The molecule has 0 aliphatic heterocycles. The van der Waals surface area contributed by atoms with E-state index in [1.165, 1.54) is 5.56 Å². The van der Waals surface area contributed by atoms with E-state index in [4.69, 9.17) is 4.74 Å². The Balaban J connectivity index is 2.78. The molecule has 0 aliphatic carbocycles. The fourth-order valence-electron chi connectivity index (χ4n) is 2.10. The number of rotatable bonds is 9. The van der Waals surface area contributed by atoms with Gasteiger partial charge in [-0.2, -0.15) is 0 Å². The summed E-state index contributed by atoms with van der Waals surface area (Å²) in [6.07, 6.45) is 0. The van der Waals surface area contributed by atoms with E-state index in [0.29, 0.717) is 18.3 Å². The van der Waals surface area contributed by atoms with Crippen molar-refractivity contribution in [2.75, 3.05) is 18.9 Å². The Hall–Kier alpha value is -0.870. The Labute approximate surface area is 131 Å². The lowest BCUT2D eigenvalue weighted by atomic mass is 10.1. The van der Waals surface area contributed by atoms with E-state index >= 15 is 0 Å². The molecule has 0 bridgehead atoms. The summed E-state index contributed by atoms with van der Waals surface area (Å²) >= 11 is 0. The smallest absolute Gasteiger partial charge is 0.119 e. The average Bonchev–Trinajstić information content (AvgIpc) is 2.47. The van der Waals surface area contributed by atoms with Crippen molar-refractivity contribution in [2.45, 2.75) is 45.9 Å². The summed E-state index contributed by atoms with van der Waals surface area (Å²) in [5.74, 6) is 1.97. The topological polar surface area (TPSA) is 38.3 Å². The molecular weight excluding hydrogens is 282 g/mol. The molecule has 0 amide bonds. The highest BCUT2D eigenvalue weighted by molar-refractivity contribution is 7.85. The zero-order valence-electron chi connectivity index (χ0n) is 13.9. The zero-order valence-corrected chi connectivity index (χ0v) is 14.7. The van der Waals surface area contributed by atoms with Crippen LogP contribution in [-0.2, 0) is 10.8 Å². The number of ether oxygens (including phenoxy) is 1. The molecule has 0 aromatic heterocycles. The molecule has 0 heterocycles. The van der Waals surface area contributed by atoms with Crippen molar-refractivity contribution in [2.24, 2.45) is 5.92 Å². The second kappa shape index (κ2) is 9.21. The van der Waals surface area contributed by atoms with E-state index in [1.54, 1.807) is 0 Å². The fraction of sp³-hybridized carbons (Fsp3) is 0.647. The fourth-order valence-corrected chi connectivity index (χ4v) is 3.65. The lowest BCUT2D eigenvalue weighted by molar-refractivity contribution is 0.340. The van der Waals surface area contributed by atoms with Gasteiger partial charge in [0, 0.05) is 27.8 Å². The van der Waals surface area contributed by atoms with Crippen LogP contribution in [0, 0.1) is 5.92 Å². The number of hydrogen-bond donors (Lipinski definition) is 1. The molecule has 3 unspecified atom stereocenters. The van der Waals surface area contributed by atoms with Crippen molar-refractivity contribution >= 4 is 10.8 Å². The first-order chi connectivity index (χ1) is 9.99. The molecule has 120 valence electrons. The quantitative estimate of drug-likeness (QED) is 0.758. The second-order valence-corrected chi connectivity index (χ2v) is 7.45. The Morgan fingerprint density at radius 3 is 2.24 bits per heavy atom. The van der Waals surface area contributed by atoms with Crippen LogP contribution < -0.4 is 10.1 Å². The van der Waals surface area contributed by atoms with Crippen LogP contribution in [0.5, 0.6) is 5.75 Å². The van der Waals surface area contributed by atoms with Crippen molar-refractivity contribution in [1.29, 1.82) is 0 Å². The molecule has 1 aromatic rings. The third kappa shape index (κ3) is 5.79. The summed E-state index contributed by atoms with van der Waals surface area (Å²) in [6, 6.07) is 8.23. The molecule has 3 nitrogen and oxygen atoms in total. The van der Waals surface area contributed by atoms with Gasteiger partial charge in [-0.05, 0) is 37.1 Å². The van der Waals surface area contributed by atoms with Crippen molar-refractivity contribution in [3.63, 3.8) is 0 Å². The van der Waals surface area contributed by atoms with Crippen LogP contribution in [0.4, 0.5) is 0 Å². The van der Waals surface area contributed by atoms with E-state index in [-0.39, 0.29) is 11.3 Å². The summed E-state index contributed by atoms with van der Waals surface area (Å²) in [5.41, 5.74) is 1.17. The summed E-state index contributed by atoms with van der Waals surface area (Å²) in [5, 5.41) is 3.66. The normalized spacial score (nSPS) is 15.7. The van der Waals surface area contributed by atoms with Crippen LogP contribution in [0.3, 0.4) is 0 Å². The summed E-state index contributed by atoms with van der Waals surface area (Å²) in [7, 11) is -0.829. The lowest BCUT2D eigenvalue weighted by Gasteiger charge is -2.22. The lowest BCUT2D eigenvalue weighted by Crippen LogP contribution is -2.30. The Morgan fingerprint density at radius 2 is 1.76 bits per heavy atom. The predicted octanol–water partition coefficient (Wildman–Crippen LogP) is 3.53. The molecular formula is C17H29NO2S. The molecule has 0 aliphatic rings. The Bertz CT molecular complexity index is 431. The third-order valence-electron chi connectivity index (χ3n) is 3.73. The van der Waals surface area contributed by atoms with E-state index in [0.717, 1.165) is 12.3 Å². The number of nitrogens with one attached hydrogen (secondary N) is 1. The van der Waals surface area contributed by atoms with Gasteiger partial charge in [0.25, 0.3) is 0 Å². The minimum atomic E-state index is -0.829. The molecule has 1 rings (SSSR count). The van der Waals surface area contributed by atoms with Crippen molar-refractivity contribution < 1.29 is 8.95 Å². The van der Waals surface area contributed by atoms with Gasteiger partial charge < -0.3 is 10.1 Å². The predicted molar refractivity (Wildman–Crippen MR) is 91.3 cm³/mol. The summed E-state index contributed by atoms with van der Waals surface area (Å²) in [4.78, 5) is 0. The average molecular weight is 311 g/mol. The van der Waals surface area contributed by atoms with Gasteiger partial charge >= 0.3 is 0 Å². The monoisotopic (exact) mass is 311 g/mol. The number of benzene rings is 1. The van der Waals surface area contributed by atoms with Gasteiger partial charge in [-0.3, -0.25) is 4.21 Å². The standard InChI is InChI=1S/C17H29NO2S/c1-6-18-17(12-21(19)14(5)13(3)4)15-8-10-16(11-9-15)20-7-2/h8-11,13-14,17-18H,6-7,12H2,1-5H3. The zero-order chi connectivity index (χ0) is 15.8. The van der Waals surface area contributed by atoms with Crippen LogP contribution in [0.25, 0.3) is 0 Å². The highest BCUT2D eigenvalue weighted by atomic mass is 32.2. The molecule has 0 spiro atoms. The Morgan fingerprint density at radius 1 is 1.14 bits per heavy atom. The first kappa shape index (κ1) is 18.2. The van der Waals surface area contributed by atoms with Gasteiger partial charge in [0.05, 0.1) is 6.61 Å². The first-order valence-electron chi connectivity index (χ1n) is 7.82. The minimum Gasteiger partial charge on any atom is -0.494 e. The van der Waals surface area contributed by atoms with Crippen LogP contribution >= 0.6 is 0 Å². The molecule has 1 N–H and O–H groups in total. The minimum absolute atomic E-state index is 0.132. The molecule has 0 radical (unpaired) electrons. The van der Waals surface area contributed by atoms with Gasteiger partial charge in [0.1, 0.15) is 5.75 Å². The molecule has 1 aromatic carbocycles.